The van der Waals surface area contributed by atoms with Crippen LogP contribution < -0.4 is 11.1 Å². The molecule has 312 valence electrons. The quantitative estimate of drug-likeness (QED) is 0.0325. The van der Waals surface area contributed by atoms with Crippen LogP contribution in [0.15, 0.2) is 12.2 Å². The highest BCUT2D eigenvalue weighted by Gasteiger charge is 2.19. The Morgan fingerprint density at radius 1 is 0.528 bits per heavy atom. The lowest BCUT2D eigenvalue weighted by Gasteiger charge is -2.18. The van der Waals surface area contributed by atoms with E-state index in [0.29, 0.717) is 32.2 Å². The summed E-state index contributed by atoms with van der Waals surface area (Å²) in [4.78, 5) is 36.4. The molecule has 0 bridgehead atoms. The minimum Gasteiger partial charge on any atom is -0.480 e. The Morgan fingerprint density at radius 2 is 0.925 bits per heavy atom. The number of ether oxygens (including phenoxy) is 1. The third-order valence-corrected chi connectivity index (χ3v) is 10.6. The normalized spacial score (nSPS) is 12.7. The highest BCUT2D eigenvalue weighted by Crippen LogP contribution is 2.19. The molecule has 0 aromatic heterocycles. The Hall–Kier alpha value is -1.89. The molecule has 0 aromatic rings. The van der Waals surface area contributed by atoms with E-state index in [1.54, 1.807) is 0 Å². The second-order valence-electron chi connectivity index (χ2n) is 15.8. The van der Waals surface area contributed by atoms with Gasteiger partial charge in [0.25, 0.3) is 0 Å². The molecule has 0 saturated heterocycles. The first-order valence-electron chi connectivity index (χ1n) is 23.0. The van der Waals surface area contributed by atoms with Gasteiger partial charge in [0, 0.05) is 12.8 Å². The van der Waals surface area contributed by atoms with Crippen LogP contribution in [0.1, 0.15) is 245 Å². The number of allylic oxidation sites excluding steroid dienone is 2. The second-order valence-corrected chi connectivity index (χ2v) is 15.8. The summed E-state index contributed by atoms with van der Waals surface area (Å²) >= 11 is 0. The van der Waals surface area contributed by atoms with Crippen LogP contribution in [0.5, 0.6) is 0 Å². The zero-order valence-corrected chi connectivity index (χ0v) is 35.1. The topological polar surface area (TPSA) is 119 Å². The number of amides is 1. The number of aliphatic carboxylic acids is 1. The zero-order chi connectivity index (χ0) is 38.9. The van der Waals surface area contributed by atoms with E-state index in [1.165, 1.54) is 141 Å². The summed E-state index contributed by atoms with van der Waals surface area (Å²) in [6.07, 6.45) is 45.4. The van der Waals surface area contributed by atoms with Gasteiger partial charge in [0.05, 0.1) is 0 Å². The van der Waals surface area contributed by atoms with Gasteiger partial charge in [-0.25, -0.2) is 4.79 Å². The molecule has 2 unspecified atom stereocenters. The molecule has 0 aliphatic carbocycles. The maximum absolute atomic E-state index is 12.8. The van der Waals surface area contributed by atoms with Crippen LogP contribution in [0.3, 0.4) is 0 Å². The number of hydrogen-bond donors (Lipinski definition) is 3. The van der Waals surface area contributed by atoms with Crippen molar-refractivity contribution in [2.24, 2.45) is 5.73 Å². The fourth-order valence-electron chi connectivity index (χ4n) is 7.09. The molecule has 0 saturated carbocycles. The fourth-order valence-corrected chi connectivity index (χ4v) is 7.09. The molecule has 0 aromatic carbocycles. The summed E-state index contributed by atoms with van der Waals surface area (Å²) in [5.41, 5.74) is 5.49. The average molecular weight is 749 g/mol. The molecule has 7 nitrogen and oxygen atoms in total. The maximum atomic E-state index is 12.8. The van der Waals surface area contributed by atoms with E-state index < -0.39 is 12.0 Å². The first kappa shape index (κ1) is 51.1. The number of esters is 1. The lowest BCUT2D eigenvalue weighted by molar-refractivity contribution is -0.150. The van der Waals surface area contributed by atoms with Crippen LogP contribution in [0.4, 0.5) is 0 Å². The molecule has 0 rings (SSSR count). The van der Waals surface area contributed by atoms with Crippen molar-refractivity contribution in [3.05, 3.63) is 12.2 Å². The van der Waals surface area contributed by atoms with Crippen molar-refractivity contribution in [2.45, 2.75) is 257 Å². The molecule has 7 heteroatoms. The smallest absolute Gasteiger partial charge is 0.326 e. The predicted molar refractivity (Wildman–Crippen MR) is 225 cm³/mol. The average Bonchev–Trinajstić information content (AvgIpc) is 3.14. The minimum absolute atomic E-state index is 0.0148. The first-order valence-corrected chi connectivity index (χ1v) is 23.0. The van der Waals surface area contributed by atoms with Crippen LogP contribution in [0.25, 0.3) is 0 Å². The van der Waals surface area contributed by atoms with Crippen LogP contribution >= 0.6 is 0 Å². The van der Waals surface area contributed by atoms with Crippen molar-refractivity contribution in [3.63, 3.8) is 0 Å². The molecule has 0 aliphatic heterocycles. The summed E-state index contributed by atoms with van der Waals surface area (Å²) < 4.78 is 6.06. The molecule has 0 aliphatic rings. The third-order valence-electron chi connectivity index (χ3n) is 10.6. The minimum atomic E-state index is -1.00. The molecule has 0 radical (unpaired) electrons. The van der Waals surface area contributed by atoms with Gasteiger partial charge in [0.2, 0.25) is 5.91 Å². The Bertz CT molecular complexity index is 848. The van der Waals surface area contributed by atoms with Gasteiger partial charge in [-0.15, -0.1) is 0 Å². The van der Waals surface area contributed by atoms with Gasteiger partial charge in [-0.2, -0.15) is 0 Å². The number of carboxylic acids is 1. The highest BCUT2D eigenvalue weighted by molar-refractivity contribution is 5.83. The third kappa shape index (κ3) is 38.2. The largest absolute Gasteiger partial charge is 0.480 e. The Labute approximate surface area is 328 Å². The van der Waals surface area contributed by atoms with E-state index in [4.69, 9.17) is 10.5 Å². The summed E-state index contributed by atoms with van der Waals surface area (Å²) in [6, 6.07) is -0.854. The Balaban J connectivity index is 4.29. The van der Waals surface area contributed by atoms with E-state index in [9.17, 15) is 19.5 Å². The number of hydrogen-bond acceptors (Lipinski definition) is 5. The number of unbranched alkanes of at least 4 members (excludes halogenated alkanes) is 26. The summed E-state index contributed by atoms with van der Waals surface area (Å²) in [5.74, 6) is -1.23. The van der Waals surface area contributed by atoms with E-state index >= 15 is 0 Å². The molecule has 0 fully saturated rings. The number of nitrogens with two attached hydrogens (primary N) is 1. The second kappa shape index (κ2) is 41.3. The van der Waals surface area contributed by atoms with E-state index in [-0.39, 0.29) is 18.0 Å². The van der Waals surface area contributed by atoms with Crippen LogP contribution in [-0.4, -0.2) is 41.6 Å². The van der Waals surface area contributed by atoms with Crippen LogP contribution in [-0.2, 0) is 19.1 Å². The van der Waals surface area contributed by atoms with E-state index in [1.807, 2.05) is 0 Å². The van der Waals surface area contributed by atoms with Crippen molar-refractivity contribution in [2.75, 3.05) is 6.54 Å². The molecular weight excluding hydrogens is 661 g/mol. The molecule has 2 atom stereocenters. The molecule has 4 N–H and O–H groups in total. The molecular formula is C46H88N2O5. The summed E-state index contributed by atoms with van der Waals surface area (Å²) in [6.45, 7) is 4.96. The van der Waals surface area contributed by atoms with Gasteiger partial charge >= 0.3 is 11.9 Å². The van der Waals surface area contributed by atoms with E-state index in [0.717, 1.165) is 64.2 Å². The predicted octanol–water partition coefficient (Wildman–Crippen LogP) is 13.1. The van der Waals surface area contributed by atoms with Gasteiger partial charge in [-0.1, -0.05) is 167 Å². The monoisotopic (exact) mass is 749 g/mol. The highest BCUT2D eigenvalue weighted by atomic mass is 16.5. The Kier molecular flexibility index (Phi) is 39.8. The molecule has 0 heterocycles. The zero-order valence-electron chi connectivity index (χ0n) is 35.1. The maximum Gasteiger partial charge on any atom is 0.326 e. The Morgan fingerprint density at radius 3 is 1.36 bits per heavy atom. The summed E-state index contributed by atoms with van der Waals surface area (Å²) in [7, 11) is 0. The number of carboxylic acid groups (broad SMARTS) is 1. The molecule has 53 heavy (non-hydrogen) atoms. The van der Waals surface area contributed by atoms with Gasteiger partial charge in [0.1, 0.15) is 12.1 Å². The number of carbonyl (C=O) groups is 3. The number of nitrogens with one attached hydrogen (secondary N) is 1. The van der Waals surface area contributed by atoms with Gasteiger partial charge in [-0.3, -0.25) is 9.59 Å². The first-order chi connectivity index (χ1) is 25.9. The standard InChI is InChI=1S/C46H88N2O5/c1-3-5-7-9-11-13-15-17-18-19-21-23-25-30-34-40-45(50)53-42(36-31-27-24-22-20-16-14-12-10-8-6-4-2)37-32-28-26-29-33-39-44(49)48-43(46(51)52)38-35-41-47/h17-18,42-43H,3-16,19-41,47H2,1-2H3,(H,48,49)(H,51,52)/b18-17-. The lowest BCUT2D eigenvalue weighted by atomic mass is 10.0. The molecule has 0 spiro atoms. The van der Waals surface area contributed by atoms with Crippen molar-refractivity contribution in [1.82, 2.24) is 5.32 Å². The van der Waals surface area contributed by atoms with Crippen molar-refractivity contribution in [3.8, 4) is 0 Å². The number of rotatable bonds is 42. The van der Waals surface area contributed by atoms with Crippen LogP contribution in [0, 0.1) is 0 Å². The van der Waals surface area contributed by atoms with Crippen LogP contribution in [0.2, 0.25) is 0 Å². The van der Waals surface area contributed by atoms with Gasteiger partial charge < -0.3 is 20.9 Å². The van der Waals surface area contributed by atoms with Gasteiger partial charge in [0.15, 0.2) is 0 Å². The summed E-state index contributed by atoms with van der Waals surface area (Å²) in [5, 5.41) is 11.9. The van der Waals surface area contributed by atoms with E-state index in [2.05, 4.69) is 31.3 Å². The van der Waals surface area contributed by atoms with Gasteiger partial charge in [-0.05, 0) is 83.6 Å². The SMILES string of the molecule is CCCCCCCC/C=C\CCCCCCCC(=O)OC(CCCCCCCCCCCCCC)CCCCCCCC(=O)NC(CCCN)C(=O)O. The number of carbonyl (C=O) groups excluding carboxylic acids is 2. The van der Waals surface area contributed by atoms with Crippen molar-refractivity contribution >= 4 is 17.8 Å². The lowest BCUT2D eigenvalue weighted by Crippen LogP contribution is -2.40. The van der Waals surface area contributed by atoms with Crippen molar-refractivity contribution in [1.29, 1.82) is 0 Å². The van der Waals surface area contributed by atoms with Crippen molar-refractivity contribution < 1.29 is 24.2 Å². The molecule has 1 amide bonds. The fraction of sp³-hybridized carbons (Fsp3) is 0.891.